The third-order valence-electron chi connectivity index (χ3n) is 5.45. The lowest BCUT2D eigenvalue weighted by Crippen LogP contribution is -1.84. The Balaban J connectivity index is 1.51. The Morgan fingerprint density at radius 1 is 0.938 bits per heavy atom. The van der Waals surface area contributed by atoms with E-state index in [-0.39, 0.29) is 5.75 Å². The Labute approximate surface area is 180 Å². The van der Waals surface area contributed by atoms with Crippen molar-refractivity contribution in [1.82, 2.24) is 34.9 Å². The van der Waals surface area contributed by atoms with Crippen LogP contribution >= 0.6 is 0 Å². The van der Waals surface area contributed by atoms with Crippen LogP contribution in [-0.2, 0) is 7.05 Å². The summed E-state index contributed by atoms with van der Waals surface area (Å²) in [6.07, 6.45) is 8.86. The number of nitrogens with zero attached hydrogens (tertiary/aromatic N) is 5. The number of H-pyrrole nitrogens is 2. The molecular formula is C23H16FN7O. The summed E-state index contributed by atoms with van der Waals surface area (Å²) < 4.78 is 15.6. The van der Waals surface area contributed by atoms with Crippen molar-refractivity contribution in [1.29, 1.82) is 0 Å². The Bertz CT molecular complexity index is 1610. The lowest BCUT2D eigenvalue weighted by Gasteiger charge is -2.04. The molecule has 0 atom stereocenters. The highest BCUT2D eigenvalue weighted by atomic mass is 19.1. The molecule has 6 aromatic rings. The highest BCUT2D eigenvalue weighted by molar-refractivity contribution is 6.00. The number of hydrogen-bond acceptors (Lipinski definition) is 5. The fourth-order valence-corrected chi connectivity index (χ4v) is 3.98. The zero-order valence-electron chi connectivity index (χ0n) is 16.8. The van der Waals surface area contributed by atoms with Crippen LogP contribution in [0.3, 0.4) is 0 Å². The standard InChI is InChI=1S/C23H16FN7O/c1-31-11-14(8-27-31)13-4-18-22(29-30-23(18)26-7-13)20-6-17-19(9-25-10-21(17)28-20)12-2-15(24)5-16(32)3-12/h2-11,28,32H,1H3,(H,26,29,30). The van der Waals surface area contributed by atoms with Gasteiger partial charge in [0, 0.05) is 59.2 Å². The van der Waals surface area contributed by atoms with Gasteiger partial charge in [0.1, 0.15) is 17.3 Å². The van der Waals surface area contributed by atoms with Gasteiger partial charge in [-0.15, -0.1) is 0 Å². The molecule has 0 spiro atoms. The maximum Gasteiger partial charge on any atom is 0.155 e. The number of fused-ring (bicyclic) bond motifs is 2. The minimum Gasteiger partial charge on any atom is -0.508 e. The number of halogens is 1. The molecule has 3 N–H and O–H groups in total. The van der Waals surface area contributed by atoms with E-state index in [4.69, 9.17) is 0 Å². The molecule has 0 unspecified atom stereocenters. The highest BCUT2D eigenvalue weighted by Gasteiger charge is 2.16. The number of hydrogen-bond donors (Lipinski definition) is 3. The summed E-state index contributed by atoms with van der Waals surface area (Å²) in [6, 6.07) is 7.92. The summed E-state index contributed by atoms with van der Waals surface area (Å²) in [7, 11) is 1.87. The Morgan fingerprint density at radius 2 is 1.84 bits per heavy atom. The van der Waals surface area contributed by atoms with Crippen molar-refractivity contribution in [2.24, 2.45) is 7.05 Å². The fraction of sp³-hybridized carbons (Fsp3) is 0.0435. The van der Waals surface area contributed by atoms with Crippen molar-refractivity contribution in [3.05, 3.63) is 67.1 Å². The molecule has 0 aliphatic rings. The number of aromatic nitrogens is 7. The second-order valence-electron chi connectivity index (χ2n) is 7.62. The molecular weight excluding hydrogens is 409 g/mol. The van der Waals surface area contributed by atoms with Crippen molar-refractivity contribution in [3.63, 3.8) is 0 Å². The predicted molar refractivity (Wildman–Crippen MR) is 118 cm³/mol. The summed E-state index contributed by atoms with van der Waals surface area (Å²) in [5.41, 5.74) is 6.06. The lowest BCUT2D eigenvalue weighted by atomic mass is 10.0. The summed E-state index contributed by atoms with van der Waals surface area (Å²) in [5, 5.41) is 23.2. The number of benzene rings is 1. The average molecular weight is 425 g/mol. The first kappa shape index (κ1) is 18.3. The first-order valence-corrected chi connectivity index (χ1v) is 9.85. The van der Waals surface area contributed by atoms with Crippen LogP contribution in [0.2, 0.25) is 0 Å². The second-order valence-corrected chi connectivity index (χ2v) is 7.62. The van der Waals surface area contributed by atoms with E-state index in [0.717, 1.165) is 39.2 Å². The van der Waals surface area contributed by atoms with Gasteiger partial charge in [-0.2, -0.15) is 10.2 Å². The van der Waals surface area contributed by atoms with Gasteiger partial charge in [-0.05, 0) is 29.8 Å². The van der Waals surface area contributed by atoms with Gasteiger partial charge in [-0.1, -0.05) is 0 Å². The van der Waals surface area contributed by atoms with E-state index in [0.29, 0.717) is 22.5 Å². The molecule has 5 aromatic heterocycles. The van der Waals surface area contributed by atoms with Crippen molar-refractivity contribution in [2.75, 3.05) is 0 Å². The largest absolute Gasteiger partial charge is 0.508 e. The fourth-order valence-electron chi connectivity index (χ4n) is 3.98. The van der Waals surface area contributed by atoms with Gasteiger partial charge < -0.3 is 10.1 Å². The van der Waals surface area contributed by atoms with E-state index in [9.17, 15) is 9.50 Å². The van der Waals surface area contributed by atoms with Crippen LogP contribution in [-0.4, -0.2) is 40.0 Å². The average Bonchev–Trinajstić information content (AvgIpc) is 3.49. The second kappa shape index (κ2) is 6.74. The van der Waals surface area contributed by atoms with Crippen LogP contribution in [0.25, 0.3) is 55.6 Å². The normalized spacial score (nSPS) is 11.6. The van der Waals surface area contributed by atoms with Crippen molar-refractivity contribution >= 4 is 21.9 Å². The maximum absolute atomic E-state index is 13.9. The molecule has 0 amide bonds. The van der Waals surface area contributed by atoms with E-state index >= 15 is 0 Å². The third kappa shape index (κ3) is 2.90. The first-order valence-electron chi connectivity index (χ1n) is 9.85. The van der Waals surface area contributed by atoms with Crippen LogP contribution in [0.4, 0.5) is 4.39 Å². The first-order chi connectivity index (χ1) is 15.5. The number of pyridine rings is 2. The zero-order chi connectivity index (χ0) is 21.8. The number of nitrogens with one attached hydrogen (secondary N) is 2. The van der Waals surface area contributed by atoms with Crippen LogP contribution in [0.5, 0.6) is 5.75 Å². The number of phenolic OH excluding ortho intramolecular Hbond substituents is 1. The van der Waals surface area contributed by atoms with Gasteiger partial charge in [0.2, 0.25) is 0 Å². The molecule has 1 aromatic carbocycles. The molecule has 0 aliphatic heterocycles. The minimum absolute atomic E-state index is 0.139. The van der Waals surface area contributed by atoms with Crippen molar-refractivity contribution < 1.29 is 9.50 Å². The van der Waals surface area contributed by atoms with E-state index in [1.165, 1.54) is 12.1 Å². The number of aryl methyl sites for hydroxylation is 1. The number of phenols is 1. The minimum atomic E-state index is -0.514. The van der Waals surface area contributed by atoms with Crippen LogP contribution in [0.15, 0.2) is 61.3 Å². The molecule has 9 heteroatoms. The van der Waals surface area contributed by atoms with Gasteiger partial charge in [-0.25, -0.2) is 9.37 Å². The molecule has 5 heterocycles. The summed E-state index contributed by atoms with van der Waals surface area (Å²) >= 11 is 0. The van der Waals surface area contributed by atoms with E-state index in [1.54, 1.807) is 29.5 Å². The van der Waals surface area contributed by atoms with Crippen molar-refractivity contribution in [2.45, 2.75) is 0 Å². The molecule has 6 rings (SSSR count). The molecule has 0 radical (unpaired) electrons. The van der Waals surface area contributed by atoms with Gasteiger partial charge >= 0.3 is 0 Å². The zero-order valence-corrected chi connectivity index (χ0v) is 16.8. The van der Waals surface area contributed by atoms with Crippen molar-refractivity contribution in [3.8, 4) is 39.4 Å². The van der Waals surface area contributed by atoms with Crippen LogP contribution in [0.1, 0.15) is 0 Å². The third-order valence-corrected chi connectivity index (χ3v) is 5.45. The number of aromatic amines is 2. The summed E-state index contributed by atoms with van der Waals surface area (Å²) in [4.78, 5) is 12.1. The number of aromatic hydroxyl groups is 1. The molecule has 0 saturated carbocycles. The molecule has 0 aliphatic carbocycles. The smallest absolute Gasteiger partial charge is 0.155 e. The van der Waals surface area contributed by atoms with Crippen LogP contribution in [0, 0.1) is 5.82 Å². The topological polar surface area (TPSA) is 108 Å². The monoisotopic (exact) mass is 425 g/mol. The van der Waals surface area contributed by atoms with E-state index in [2.05, 4.69) is 30.2 Å². The summed E-state index contributed by atoms with van der Waals surface area (Å²) in [6.45, 7) is 0. The molecule has 0 saturated heterocycles. The van der Waals surface area contributed by atoms with Gasteiger partial charge in [0.15, 0.2) is 5.65 Å². The Hall–Kier alpha value is -4.53. The Kier molecular flexibility index (Phi) is 3.85. The molecule has 156 valence electrons. The van der Waals surface area contributed by atoms with Crippen LogP contribution < -0.4 is 0 Å². The quantitative estimate of drug-likeness (QED) is 0.389. The van der Waals surface area contributed by atoms with E-state index < -0.39 is 5.82 Å². The van der Waals surface area contributed by atoms with Gasteiger partial charge in [0.05, 0.1) is 23.6 Å². The summed E-state index contributed by atoms with van der Waals surface area (Å²) in [5.74, 6) is -0.653. The Morgan fingerprint density at radius 3 is 2.66 bits per heavy atom. The number of rotatable bonds is 3. The van der Waals surface area contributed by atoms with E-state index in [1.807, 2.05) is 25.4 Å². The molecule has 32 heavy (non-hydrogen) atoms. The molecule has 8 nitrogen and oxygen atoms in total. The molecule has 0 fully saturated rings. The maximum atomic E-state index is 13.9. The van der Waals surface area contributed by atoms with Gasteiger partial charge in [-0.3, -0.25) is 14.8 Å². The highest BCUT2D eigenvalue weighted by Crippen LogP contribution is 2.35. The predicted octanol–water partition coefficient (Wildman–Crippen LogP) is 4.41. The van der Waals surface area contributed by atoms with Gasteiger partial charge in [0.25, 0.3) is 0 Å². The molecule has 0 bridgehead atoms. The SMILES string of the molecule is Cn1cc(-c2cnc3[nH]nc(-c4cc5c(-c6cc(O)cc(F)c6)cncc5[nH]4)c3c2)cn1. The lowest BCUT2D eigenvalue weighted by molar-refractivity contribution is 0.469.